The Morgan fingerprint density at radius 2 is 2.11 bits per heavy atom. The Bertz CT molecular complexity index is 989. The summed E-state index contributed by atoms with van der Waals surface area (Å²) < 4.78 is 6.31. The number of amides is 1. The Hall–Kier alpha value is -2.86. The lowest BCUT2D eigenvalue weighted by molar-refractivity contribution is 0.0963. The molecule has 3 N–H and O–H groups in total. The van der Waals surface area contributed by atoms with Gasteiger partial charge in [-0.2, -0.15) is 0 Å². The topological polar surface area (TPSA) is 79.0 Å². The monoisotopic (exact) mass is 378 g/mol. The van der Waals surface area contributed by atoms with Crippen LogP contribution in [0, 0.1) is 5.41 Å². The van der Waals surface area contributed by atoms with Crippen LogP contribution in [-0.2, 0) is 0 Å². The average molecular weight is 378 g/mol. The first-order valence-electron chi connectivity index (χ1n) is 9.72. The summed E-state index contributed by atoms with van der Waals surface area (Å²) >= 11 is 0. The Labute approximate surface area is 164 Å². The molecule has 6 nitrogen and oxygen atoms in total. The zero-order valence-corrected chi connectivity index (χ0v) is 16.3. The van der Waals surface area contributed by atoms with E-state index in [4.69, 9.17) is 4.74 Å². The highest BCUT2D eigenvalue weighted by molar-refractivity contribution is 6.00. The first-order chi connectivity index (χ1) is 13.6. The van der Waals surface area contributed by atoms with Gasteiger partial charge in [0, 0.05) is 36.0 Å². The molecule has 1 fully saturated rings. The number of H-pyrrole nitrogens is 1. The molecule has 0 aliphatic carbocycles. The highest BCUT2D eigenvalue weighted by atomic mass is 16.5. The number of piperidine rings is 1. The number of hydrogen-bond donors (Lipinski definition) is 3. The number of nitrogens with zero attached hydrogens (tertiary/aromatic N) is 1. The highest BCUT2D eigenvalue weighted by Crippen LogP contribution is 2.36. The van der Waals surface area contributed by atoms with Crippen molar-refractivity contribution in [1.82, 2.24) is 20.6 Å². The molecular weight excluding hydrogens is 352 g/mol. The molecule has 0 spiro atoms. The molecule has 28 heavy (non-hydrogen) atoms. The van der Waals surface area contributed by atoms with Gasteiger partial charge in [0.2, 0.25) is 0 Å². The number of ether oxygens (including phenoxy) is 1. The maximum atomic E-state index is 12.0. The lowest BCUT2D eigenvalue weighted by Gasteiger charge is -2.33. The molecule has 1 saturated heterocycles. The number of pyridine rings is 1. The van der Waals surface area contributed by atoms with Gasteiger partial charge in [0.1, 0.15) is 11.4 Å². The number of carbonyl (C=O) groups is 1. The molecule has 0 atom stereocenters. The van der Waals surface area contributed by atoms with Gasteiger partial charge in [0.15, 0.2) is 0 Å². The summed E-state index contributed by atoms with van der Waals surface area (Å²) in [6.45, 7) is 5.04. The number of rotatable bonds is 5. The predicted molar refractivity (Wildman–Crippen MR) is 111 cm³/mol. The molecule has 6 heteroatoms. The second kappa shape index (κ2) is 7.64. The predicted octanol–water partition coefficient (Wildman–Crippen LogP) is 3.36. The first kappa shape index (κ1) is 18.5. The number of carbonyl (C=O) groups excluding carboxylic acids is 1. The van der Waals surface area contributed by atoms with Crippen LogP contribution in [0.25, 0.3) is 22.2 Å². The summed E-state index contributed by atoms with van der Waals surface area (Å²) in [6.07, 6.45) is 5.91. The van der Waals surface area contributed by atoms with E-state index < -0.39 is 0 Å². The molecule has 3 aromatic rings. The maximum Gasteiger partial charge on any atom is 0.251 e. The fraction of sp³-hybridized carbons (Fsp3) is 0.364. The van der Waals surface area contributed by atoms with Crippen molar-refractivity contribution in [3.05, 3.63) is 48.3 Å². The van der Waals surface area contributed by atoms with Gasteiger partial charge < -0.3 is 20.4 Å². The van der Waals surface area contributed by atoms with Crippen molar-refractivity contribution in [2.24, 2.45) is 5.41 Å². The molecule has 0 bridgehead atoms. The van der Waals surface area contributed by atoms with Crippen LogP contribution in [0.2, 0.25) is 0 Å². The molecule has 0 unspecified atom stereocenters. The second-order valence-electron chi connectivity index (χ2n) is 7.74. The molecule has 0 saturated carbocycles. The van der Waals surface area contributed by atoms with Gasteiger partial charge in [-0.1, -0.05) is 19.1 Å². The van der Waals surface area contributed by atoms with Crippen molar-refractivity contribution < 1.29 is 9.53 Å². The standard InChI is InChI=1S/C22H26N4O2/c1-22(7-10-24-11-8-22)14-28-18-6-9-25-20-19(18)17(13-26-20)15-4-3-5-16(12-15)21(27)23-2/h3-6,9,12-13,24H,7-8,10-11,14H2,1-2H3,(H,23,27)(H,25,26). The Morgan fingerprint density at radius 1 is 1.29 bits per heavy atom. The minimum atomic E-state index is -0.102. The lowest BCUT2D eigenvalue weighted by atomic mass is 9.82. The van der Waals surface area contributed by atoms with Crippen molar-refractivity contribution in [3.63, 3.8) is 0 Å². The van der Waals surface area contributed by atoms with Gasteiger partial charge >= 0.3 is 0 Å². The number of hydrogen-bond acceptors (Lipinski definition) is 4. The van der Waals surface area contributed by atoms with E-state index in [-0.39, 0.29) is 11.3 Å². The van der Waals surface area contributed by atoms with Crippen molar-refractivity contribution in [2.45, 2.75) is 19.8 Å². The smallest absolute Gasteiger partial charge is 0.251 e. The Morgan fingerprint density at radius 3 is 2.89 bits per heavy atom. The second-order valence-corrected chi connectivity index (χ2v) is 7.74. The van der Waals surface area contributed by atoms with Crippen molar-refractivity contribution in [2.75, 3.05) is 26.7 Å². The molecule has 3 heterocycles. The summed E-state index contributed by atoms with van der Waals surface area (Å²) in [5.74, 6) is 0.724. The van der Waals surface area contributed by atoms with Crippen LogP contribution in [-0.4, -0.2) is 42.6 Å². The van der Waals surface area contributed by atoms with Crippen LogP contribution in [0.5, 0.6) is 5.75 Å². The molecule has 1 aliphatic heterocycles. The summed E-state index contributed by atoms with van der Waals surface area (Å²) in [7, 11) is 1.64. The normalized spacial score (nSPS) is 16.1. The van der Waals surface area contributed by atoms with Crippen LogP contribution < -0.4 is 15.4 Å². The van der Waals surface area contributed by atoms with Gasteiger partial charge in [0.05, 0.1) is 12.0 Å². The largest absolute Gasteiger partial charge is 0.492 e. The van der Waals surface area contributed by atoms with Crippen LogP contribution >= 0.6 is 0 Å². The summed E-state index contributed by atoms with van der Waals surface area (Å²) in [6, 6.07) is 9.52. The molecule has 0 radical (unpaired) electrons. The molecule has 4 rings (SSSR count). The quantitative estimate of drug-likeness (QED) is 0.636. The third kappa shape index (κ3) is 3.60. The molecular formula is C22H26N4O2. The van der Waals surface area contributed by atoms with E-state index in [1.807, 2.05) is 36.5 Å². The van der Waals surface area contributed by atoms with Gasteiger partial charge in [0.25, 0.3) is 5.91 Å². The van der Waals surface area contributed by atoms with Crippen LogP contribution in [0.15, 0.2) is 42.7 Å². The Kier molecular flexibility index (Phi) is 5.05. The molecule has 2 aromatic heterocycles. The van der Waals surface area contributed by atoms with Crippen molar-refractivity contribution in [3.8, 4) is 16.9 Å². The summed E-state index contributed by atoms with van der Waals surface area (Å²) in [4.78, 5) is 19.7. The van der Waals surface area contributed by atoms with Gasteiger partial charge in [-0.15, -0.1) is 0 Å². The third-order valence-electron chi connectivity index (χ3n) is 5.58. The minimum Gasteiger partial charge on any atom is -0.492 e. The number of nitrogens with one attached hydrogen (secondary N) is 3. The van der Waals surface area contributed by atoms with Crippen molar-refractivity contribution >= 4 is 16.9 Å². The number of fused-ring (bicyclic) bond motifs is 1. The first-order valence-corrected chi connectivity index (χ1v) is 9.72. The van der Waals surface area contributed by atoms with E-state index in [9.17, 15) is 4.79 Å². The SMILES string of the molecule is CNC(=O)c1cccc(-c2c[nH]c3nccc(OCC4(C)CCNCC4)c23)c1. The van der Waals surface area contributed by atoms with E-state index in [1.165, 1.54) is 0 Å². The molecule has 1 amide bonds. The number of benzene rings is 1. The summed E-state index contributed by atoms with van der Waals surface area (Å²) in [5.41, 5.74) is 3.53. The number of aromatic amines is 1. The van der Waals surface area contributed by atoms with Crippen LogP contribution in [0.3, 0.4) is 0 Å². The van der Waals surface area contributed by atoms with Crippen molar-refractivity contribution in [1.29, 1.82) is 0 Å². The Balaban J connectivity index is 1.68. The van der Waals surface area contributed by atoms with Crippen LogP contribution in [0.1, 0.15) is 30.1 Å². The average Bonchev–Trinajstić information content (AvgIpc) is 3.17. The molecule has 146 valence electrons. The zero-order valence-electron chi connectivity index (χ0n) is 16.3. The van der Waals surface area contributed by atoms with Gasteiger partial charge in [-0.05, 0) is 49.7 Å². The minimum absolute atomic E-state index is 0.102. The molecule has 1 aromatic carbocycles. The third-order valence-corrected chi connectivity index (χ3v) is 5.58. The fourth-order valence-corrected chi connectivity index (χ4v) is 3.77. The number of aromatic nitrogens is 2. The highest BCUT2D eigenvalue weighted by Gasteiger charge is 2.28. The van der Waals surface area contributed by atoms with E-state index in [0.29, 0.717) is 12.2 Å². The zero-order chi connectivity index (χ0) is 19.6. The maximum absolute atomic E-state index is 12.0. The van der Waals surface area contributed by atoms with E-state index >= 15 is 0 Å². The van der Waals surface area contributed by atoms with E-state index in [1.54, 1.807) is 13.2 Å². The van der Waals surface area contributed by atoms with Gasteiger partial charge in [-0.3, -0.25) is 4.79 Å². The van der Waals surface area contributed by atoms with Crippen LogP contribution in [0.4, 0.5) is 0 Å². The summed E-state index contributed by atoms with van der Waals surface area (Å²) in [5, 5.41) is 7.04. The fourth-order valence-electron chi connectivity index (χ4n) is 3.77. The van der Waals surface area contributed by atoms with E-state index in [2.05, 4.69) is 27.5 Å². The van der Waals surface area contributed by atoms with E-state index in [0.717, 1.165) is 53.8 Å². The lowest BCUT2D eigenvalue weighted by Crippen LogP contribution is -2.38. The van der Waals surface area contributed by atoms with Gasteiger partial charge in [-0.25, -0.2) is 4.98 Å². The molecule has 1 aliphatic rings.